The molecule has 0 fully saturated rings. The van der Waals surface area contributed by atoms with Gasteiger partial charge in [0.2, 0.25) is 0 Å². The molecule has 22 heavy (non-hydrogen) atoms. The number of fused-ring (bicyclic) bond motifs is 2. The highest BCUT2D eigenvalue weighted by molar-refractivity contribution is 5.82. The van der Waals surface area contributed by atoms with Gasteiger partial charge in [0.15, 0.2) is 11.5 Å². The number of hydrogen-bond donors (Lipinski definition) is 2. The molecule has 0 unspecified atom stereocenters. The minimum Gasteiger partial charge on any atom is -0.464 e. The third kappa shape index (κ3) is 2.20. The Balaban J connectivity index is 1.68. The lowest BCUT2D eigenvalue weighted by Crippen LogP contribution is -2.37. The Bertz CT molecular complexity index is 863. The summed E-state index contributed by atoms with van der Waals surface area (Å²) < 4.78 is 15.3. The molecule has 0 saturated carbocycles. The summed E-state index contributed by atoms with van der Waals surface area (Å²) in [6.07, 6.45) is -0.186. The molecule has 0 aliphatic carbocycles. The molecule has 0 bridgehead atoms. The Hall–Kier alpha value is -2.50. The molecule has 112 valence electrons. The van der Waals surface area contributed by atoms with Crippen LogP contribution in [-0.4, -0.2) is 16.4 Å². The van der Waals surface area contributed by atoms with E-state index in [4.69, 9.17) is 13.9 Å². The maximum absolute atomic E-state index is 9.33. The van der Waals surface area contributed by atoms with Crippen LogP contribution in [0.1, 0.15) is 16.7 Å². The maximum Gasteiger partial charge on any atom is 0.505 e. The number of furan rings is 1. The number of hydrogen-bond acceptors (Lipinski definition) is 5. The van der Waals surface area contributed by atoms with Gasteiger partial charge in [-0.1, -0.05) is 17.7 Å². The van der Waals surface area contributed by atoms with Crippen molar-refractivity contribution >= 4 is 11.0 Å². The smallest absolute Gasteiger partial charge is 0.464 e. The third-order valence-electron chi connectivity index (χ3n) is 3.70. The van der Waals surface area contributed by atoms with Crippen LogP contribution in [0.2, 0.25) is 0 Å². The van der Waals surface area contributed by atoms with Gasteiger partial charge < -0.3 is 13.9 Å². The average Bonchev–Trinajstić information content (AvgIpc) is 2.97. The van der Waals surface area contributed by atoms with Crippen molar-refractivity contribution in [3.05, 3.63) is 59.4 Å². The van der Waals surface area contributed by atoms with Gasteiger partial charge in [-0.3, -0.25) is 10.2 Å². The Morgan fingerprint density at radius 1 is 1.00 bits per heavy atom. The molecule has 0 amide bonds. The van der Waals surface area contributed by atoms with E-state index >= 15 is 0 Å². The van der Waals surface area contributed by atoms with E-state index in [9.17, 15) is 10.2 Å². The van der Waals surface area contributed by atoms with Gasteiger partial charge in [-0.05, 0) is 36.8 Å². The van der Waals surface area contributed by atoms with Crippen molar-refractivity contribution in [1.29, 1.82) is 0 Å². The third-order valence-corrected chi connectivity index (χ3v) is 3.70. The standard InChI is InChI=1S/C17H14O5/c1-10-2-4-14-13(6-10)12(9-20-14)7-11-3-5-15-16(8-11)22-17(18,19)21-15/h2-6,8-9,18-19H,7H2,1H3. The van der Waals surface area contributed by atoms with Gasteiger partial charge in [-0.2, -0.15) is 0 Å². The van der Waals surface area contributed by atoms with Crippen molar-refractivity contribution in [1.82, 2.24) is 0 Å². The minimum absolute atomic E-state index is 0.307. The summed E-state index contributed by atoms with van der Waals surface area (Å²) in [4.78, 5) is 0. The summed E-state index contributed by atoms with van der Waals surface area (Å²) in [5, 5.41) is 19.7. The number of benzene rings is 2. The van der Waals surface area contributed by atoms with Gasteiger partial charge in [0, 0.05) is 17.4 Å². The van der Waals surface area contributed by atoms with Crippen LogP contribution in [0.25, 0.3) is 11.0 Å². The Morgan fingerprint density at radius 2 is 1.82 bits per heavy atom. The summed E-state index contributed by atoms with van der Waals surface area (Å²) in [6, 6.07) is 11.3. The minimum atomic E-state index is -2.58. The molecule has 1 aliphatic rings. The molecule has 0 atom stereocenters. The summed E-state index contributed by atoms with van der Waals surface area (Å²) in [6.45, 7) is 2.04. The molecule has 0 saturated heterocycles. The van der Waals surface area contributed by atoms with Gasteiger partial charge in [0.1, 0.15) is 5.58 Å². The largest absolute Gasteiger partial charge is 0.505 e. The molecule has 2 N–H and O–H groups in total. The first-order valence-corrected chi connectivity index (χ1v) is 6.93. The molecule has 2 aromatic carbocycles. The van der Waals surface area contributed by atoms with E-state index in [1.54, 1.807) is 18.4 Å². The zero-order valence-corrected chi connectivity index (χ0v) is 11.9. The average molecular weight is 298 g/mol. The van der Waals surface area contributed by atoms with Crippen LogP contribution in [-0.2, 0) is 6.42 Å². The first-order chi connectivity index (χ1) is 10.5. The van der Waals surface area contributed by atoms with E-state index in [1.165, 1.54) is 5.56 Å². The monoisotopic (exact) mass is 298 g/mol. The molecule has 5 heteroatoms. The molecule has 1 aromatic heterocycles. The Labute approximate surface area is 126 Å². The quantitative estimate of drug-likeness (QED) is 0.712. The van der Waals surface area contributed by atoms with E-state index < -0.39 is 6.16 Å². The number of aryl methyl sites for hydroxylation is 1. The highest BCUT2D eigenvalue weighted by Crippen LogP contribution is 2.38. The van der Waals surface area contributed by atoms with E-state index in [0.717, 1.165) is 22.1 Å². The lowest BCUT2D eigenvalue weighted by molar-refractivity contribution is -0.385. The summed E-state index contributed by atoms with van der Waals surface area (Å²) >= 11 is 0. The molecule has 5 nitrogen and oxygen atoms in total. The van der Waals surface area contributed by atoms with E-state index in [2.05, 4.69) is 6.07 Å². The van der Waals surface area contributed by atoms with Crippen LogP contribution in [0.4, 0.5) is 0 Å². The van der Waals surface area contributed by atoms with Crippen molar-refractivity contribution in [2.24, 2.45) is 0 Å². The van der Waals surface area contributed by atoms with Crippen LogP contribution in [0.3, 0.4) is 0 Å². The molecule has 4 rings (SSSR count). The first kappa shape index (κ1) is 13.2. The van der Waals surface area contributed by atoms with Crippen molar-refractivity contribution < 1.29 is 24.1 Å². The van der Waals surface area contributed by atoms with Gasteiger partial charge in [-0.15, -0.1) is 0 Å². The maximum atomic E-state index is 9.33. The zero-order valence-electron chi connectivity index (χ0n) is 11.9. The van der Waals surface area contributed by atoms with Crippen molar-refractivity contribution in [3.8, 4) is 11.5 Å². The van der Waals surface area contributed by atoms with E-state index in [-0.39, 0.29) is 0 Å². The molecule has 2 heterocycles. The fourth-order valence-electron chi connectivity index (χ4n) is 2.69. The second-order valence-corrected chi connectivity index (χ2v) is 5.47. The molecule has 0 radical (unpaired) electrons. The second-order valence-electron chi connectivity index (χ2n) is 5.47. The predicted octanol–water partition coefficient (Wildman–Crippen LogP) is 2.70. The van der Waals surface area contributed by atoms with Gasteiger partial charge in [-0.25, -0.2) is 0 Å². The lowest BCUT2D eigenvalue weighted by atomic mass is 10.0. The predicted molar refractivity (Wildman–Crippen MR) is 78.6 cm³/mol. The highest BCUT2D eigenvalue weighted by Gasteiger charge is 2.38. The van der Waals surface area contributed by atoms with E-state index in [1.807, 2.05) is 25.1 Å². The second kappa shape index (κ2) is 4.50. The van der Waals surface area contributed by atoms with Gasteiger partial charge in [0.25, 0.3) is 0 Å². The van der Waals surface area contributed by atoms with Crippen LogP contribution in [0.5, 0.6) is 11.5 Å². The van der Waals surface area contributed by atoms with Crippen molar-refractivity contribution in [3.63, 3.8) is 0 Å². The Morgan fingerprint density at radius 3 is 2.68 bits per heavy atom. The van der Waals surface area contributed by atoms with E-state index in [0.29, 0.717) is 17.9 Å². The van der Waals surface area contributed by atoms with Gasteiger partial charge in [0.05, 0.1) is 6.26 Å². The highest BCUT2D eigenvalue weighted by atomic mass is 17.0. The normalized spacial score (nSPS) is 15.4. The van der Waals surface area contributed by atoms with Crippen LogP contribution >= 0.6 is 0 Å². The Kier molecular flexibility index (Phi) is 2.69. The number of ether oxygens (including phenoxy) is 2. The SMILES string of the molecule is Cc1ccc2occ(Cc3ccc4c(c3)OC(O)(O)O4)c2c1. The fourth-order valence-corrected chi connectivity index (χ4v) is 2.69. The molecule has 0 spiro atoms. The first-order valence-electron chi connectivity index (χ1n) is 6.93. The number of rotatable bonds is 2. The van der Waals surface area contributed by atoms with Crippen LogP contribution < -0.4 is 9.47 Å². The topological polar surface area (TPSA) is 72.1 Å². The molecular formula is C17H14O5. The van der Waals surface area contributed by atoms with Crippen molar-refractivity contribution in [2.45, 2.75) is 19.5 Å². The fraction of sp³-hybridized carbons (Fsp3) is 0.176. The van der Waals surface area contributed by atoms with Gasteiger partial charge >= 0.3 is 6.16 Å². The van der Waals surface area contributed by atoms with Crippen LogP contribution in [0, 0.1) is 6.92 Å². The van der Waals surface area contributed by atoms with Crippen LogP contribution in [0.15, 0.2) is 47.1 Å². The van der Waals surface area contributed by atoms with Crippen molar-refractivity contribution in [2.75, 3.05) is 0 Å². The molecule has 3 aromatic rings. The molecular weight excluding hydrogens is 284 g/mol. The summed E-state index contributed by atoms with van der Waals surface area (Å²) in [7, 11) is 0. The lowest BCUT2D eigenvalue weighted by Gasteiger charge is -2.10. The summed E-state index contributed by atoms with van der Waals surface area (Å²) in [5.41, 5.74) is 4.05. The zero-order chi connectivity index (χ0) is 15.3. The molecule has 1 aliphatic heterocycles. The number of aliphatic hydroxyl groups is 2. The summed E-state index contributed by atoms with van der Waals surface area (Å²) in [5.74, 6) is 0.619.